The van der Waals surface area contributed by atoms with E-state index in [0.29, 0.717) is 19.1 Å². The van der Waals surface area contributed by atoms with Crippen LogP contribution in [0.1, 0.15) is 18.9 Å². The molecule has 4 nitrogen and oxygen atoms in total. The highest BCUT2D eigenvalue weighted by atomic mass is 16.7. The maximum atomic E-state index is 5.74. The van der Waals surface area contributed by atoms with Gasteiger partial charge in [0, 0.05) is 13.0 Å². The summed E-state index contributed by atoms with van der Waals surface area (Å²) in [6.07, 6.45) is 0.951. The quantitative estimate of drug-likeness (QED) is 0.767. The number of nitrogens with zero attached hydrogens (tertiary/aromatic N) is 1. The molecule has 0 aromatic heterocycles. The zero-order valence-electron chi connectivity index (χ0n) is 12.7. The average Bonchev–Trinajstić information content (AvgIpc) is 2.83. The highest BCUT2D eigenvalue weighted by Crippen LogP contribution is 2.21. The molecule has 4 heteroatoms. The summed E-state index contributed by atoms with van der Waals surface area (Å²) in [4.78, 5) is 2.10. The van der Waals surface area contributed by atoms with E-state index in [1.807, 2.05) is 38.4 Å². The molecule has 112 valence electrons. The summed E-state index contributed by atoms with van der Waals surface area (Å²) in [6, 6.07) is 8.08. The van der Waals surface area contributed by atoms with Gasteiger partial charge in [0.15, 0.2) is 6.29 Å². The SMILES string of the molecule is C[C@H]1COC(OCc2ccc(OCCN(C)C)cc2)C1. The Morgan fingerprint density at radius 2 is 2.00 bits per heavy atom. The minimum absolute atomic E-state index is 0.0407. The Morgan fingerprint density at radius 3 is 2.60 bits per heavy atom. The van der Waals surface area contributed by atoms with E-state index in [-0.39, 0.29) is 6.29 Å². The molecule has 0 aliphatic carbocycles. The summed E-state index contributed by atoms with van der Waals surface area (Å²) in [5.74, 6) is 1.51. The van der Waals surface area contributed by atoms with Crippen molar-refractivity contribution >= 4 is 0 Å². The summed E-state index contributed by atoms with van der Waals surface area (Å²) in [7, 11) is 4.07. The van der Waals surface area contributed by atoms with Crippen molar-refractivity contribution in [2.45, 2.75) is 26.2 Å². The van der Waals surface area contributed by atoms with Crippen molar-refractivity contribution in [2.24, 2.45) is 5.92 Å². The van der Waals surface area contributed by atoms with E-state index in [2.05, 4.69) is 11.8 Å². The van der Waals surface area contributed by atoms with Gasteiger partial charge in [-0.2, -0.15) is 0 Å². The topological polar surface area (TPSA) is 30.9 Å². The van der Waals surface area contributed by atoms with Gasteiger partial charge in [-0.1, -0.05) is 19.1 Å². The smallest absolute Gasteiger partial charge is 0.158 e. The fraction of sp³-hybridized carbons (Fsp3) is 0.625. The molecule has 0 N–H and O–H groups in total. The summed E-state index contributed by atoms with van der Waals surface area (Å²) in [6.45, 7) is 5.21. The van der Waals surface area contributed by atoms with Gasteiger partial charge in [-0.15, -0.1) is 0 Å². The molecular weight excluding hydrogens is 254 g/mol. The van der Waals surface area contributed by atoms with Gasteiger partial charge in [0.05, 0.1) is 13.2 Å². The molecule has 0 bridgehead atoms. The molecule has 1 aromatic rings. The number of benzene rings is 1. The first kappa shape index (κ1) is 15.3. The van der Waals surface area contributed by atoms with E-state index in [4.69, 9.17) is 14.2 Å². The van der Waals surface area contributed by atoms with E-state index < -0.39 is 0 Å². The first-order chi connectivity index (χ1) is 9.63. The molecule has 1 saturated heterocycles. The normalized spacial score (nSPS) is 22.4. The Balaban J connectivity index is 1.71. The summed E-state index contributed by atoms with van der Waals surface area (Å²) >= 11 is 0. The fourth-order valence-corrected chi connectivity index (χ4v) is 2.07. The van der Waals surface area contributed by atoms with Crippen LogP contribution in [-0.2, 0) is 16.1 Å². The fourth-order valence-electron chi connectivity index (χ4n) is 2.07. The lowest BCUT2D eigenvalue weighted by atomic mass is 10.1. The van der Waals surface area contributed by atoms with E-state index in [9.17, 15) is 0 Å². The molecule has 0 saturated carbocycles. The van der Waals surface area contributed by atoms with Crippen molar-refractivity contribution in [2.75, 3.05) is 33.9 Å². The standard InChI is InChI=1S/C16H25NO3/c1-13-10-16(19-11-13)20-12-14-4-6-15(7-5-14)18-9-8-17(2)3/h4-7,13,16H,8-12H2,1-3H3/t13-,16?/m1/s1. The van der Waals surface area contributed by atoms with Gasteiger partial charge in [0.1, 0.15) is 12.4 Å². The Labute approximate surface area is 121 Å². The van der Waals surface area contributed by atoms with Gasteiger partial charge in [-0.3, -0.25) is 0 Å². The van der Waals surface area contributed by atoms with E-state index in [1.165, 1.54) is 0 Å². The van der Waals surface area contributed by atoms with Crippen LogP contribution in [0.15, 0.2) is 24.3 Å². The third-order valence-corrected chi connectivity index (χ3v) is 3.33. The van der Waals surface area contributed by atoms with Gasteiger partial charge in [-0.25, -0.2) is 0 Å². The largest absolute Gasteiger partial charge is 0.492 e. The van der Waals surface area contributed by atoms with Gasteiger partial charge in [0.2, 0.25) is 0 Å². The predicted molar refractivity (Wildman–Crippen MR) is 78.8 cm³/mol. The third-order valence-electron chi connectivity index (χ3n) is 3.33. The van der Waals surface area contributed by atoms with Crippen LogP contribution in [0, 0.1) is 5.92 Å². The Hall–Kier alpha value is -1.10. The number of hydrogen-bond acceptors (Lipinski definition) is 4. The molecule has 1 heterocycles. The molecule has 0 amide bonds. The van der Waals surface area contributed by atoms with Gasteiger partial charge in [-0.05, 0) is 37.7 Å². The molecule has 0 radical (unpaired) electrons. The second-order valence-electron chi connectivity index (χ2n) is 5.71. The van der Waals surface area contributed by atoms with Crippen LogP contribution in [0.2, 0.25) is 0 Å². The lowest BCUT2D eigenvalue weighted by molar-refractivity contribution is -0.118. The van der Waals surface area contributed by atoms with E-state index in [0.717, 1.165) is 30.9 Å². The number of hydrogen-bond donors (Lipinski definition) is 0. The average molecular weight is 279 g/mol. The molecule has 0 spiro atoms. The molecule has 1 aromatic carbocycles. The molecule has 1 unspecified atom stereocenters. The van der Waals surface area contributed by atoms with Crippen molar-refractivity contribution < 1.29 is 14.2 Å². The monoisotopic (exact) mass is 279 g/mol. The van der Waals surface area contributed by atoms with Gasteiger partial charge < -0.3 is 19.1 Å². The van der Waals surface area contributed by atoms with Gasteiger partial charge >= 0.3 is 0 Å². The van der Waals surface area contributed by atoms with Crippen molar-refractivity contribution in [3.8, 4) is 5.75 Å². The number of rotatable bonds is 7. The van der Waals surface area contributed by atoms with Crippen molar-refractivity contribution in [3.05, 3.63) is 29.8 Å². The highest BCUT2D eigenvalue weighted by Gasteiger charge is 2.22. The molecule has 2 rings (SSSR count). The maximum absolute atomic E-state index is 5.74. The van der Waals surface area contributed by atoms with Crippen LogP contribution in [0.3, 0.4) is 0 Å². The number of likely N-dealkylation sites (N-methyl/N-ethyl adjacent to an activating group) is 1. The van der Waals surface area contributed by atoms with Gasteiger partial charge in [0.25, 0.3) is 0 Å². The first-order valence-corrected chi connectivity index (χ1v) is 7.23. The van der Waals surface area contributed by atoms with Crippen LogP contribution in [-0.4, -0.2) is 45.0 Å². The van der Waals surface area contributed by atoms with Crippen LogP contribution >= 0.6 is 0 Å². The van der Waals surface area contributed by atoms with Crippen molar-refractivity contribution in [1.29, 1.82) is 0 Å². The number of ether oxygens (including phenoxy) is 3. The lowest BCUT2D eigenvalue weighted by Crippen LogP contribution is -2.19. The Kier molecular flexibility index (Phi) is 5.83. The van der Waals surface area contributed by atoms with Crippen LogP contribution in [0.5, 0.6) is 5.75 Å². The second kappa shape index (κ2) is 7.62. The van der Waals surface area contributed by atoms with Crippen LogP contribution in [0.25, 0.3) is 0 Å². The highest BCUT2D eigenvalue weighted by molar-refractivity contribution is 5.26. The molecule has 1 aliphatic rings. The Bertz CT molecular complexity index is 391. The third kappa shape index (κ3) is 5.12. The zero-order valence-corrected chi connectivity index (χ0v) is 12.7. The van der Waals surface area contributed by atoms with E-state index in [1.54, 1.807) is 0 Å². The molecule has 1 fully saturated rings. The van der Waals surface area contributed by atoms with E-state index >= 15 is 0 Å². The van der Waals surface area contributed by atoms with Crippen molar-refractivity contribution in [1.82, 2.24) is 4.90 Å². The summed E-state index contributed by atoms with van der Waals surface area (Å²) in [5.41, 5.74) is 1.15. The summed E-state index contributed by atoms with van der Waals surface area (Å²) in [5, 5.41) is 0. The molecule has 2 atom stereocenters. The molecular formula is C16H25NO3. The second-order valence-corrected chi connectivity index (χ2v) is 5.71. The maximum Gasteiger partial charge on any atom is 0.158 e. The lowest BCUT2D eigenvalue weighted by Gasteiger charge is -2.12. The van der Waals surface area contributed by atoms with Crippen molar-refractivity contribution in [3.63, 3.8) is 0 Å². The predicted octanol–water partition coefficient (Wildman–Crippen LogP) is 2.53. The summed E-state index contributed by atoms with van der Waals surface area (Å²) < 4.78 is 16.9. The Morgan fingerprint density at radius 1 is 1.25 bits per heavy atom. The first-order valence-electron chi connectivity index (χ1n) is 7.23. The van der Waals surface area contributed by atoms with Crippen LogP contribution in [0.4, 0.5) is 0 Å². The molecule has 1 aliphatic heterocycles. The zero-order chi connectivity index (χ0) is 14.4. The molecule has 20 heavy (non-hydrogen) atoms. The minimum atomic E-state index is -0.0407. The minimum Gasteiger partial charge on any atom is -0.492 e. The van der Waals surface area contributed by atoms with Crippen LogP contribution < -0.4 is 4.74 Å².